The predicted octanol–water partition coefficient (Wildman–Crippen LogP) is -0.406. The van der Waals surface area contributed by atoms with E-state index in [1.54, 1.807) is 14.0 Å². The number of nitrogens with zero attached hydrogens (tertiary/aromatic N) is 1. The molecule has 3 N–H and O–H groups in total. The van der Waals surface area contributed by atoms with Crippen LogP contribution in [0.4, 0.5) is 0 Å². The summed E-state index contributed by atoms with van der Waals surface area (Å²) in [4.78, 5) is 24.8. The molecule has 0 bridgehead atoms. The minimum Gasteiger partial charge on any atom is -0.394 e. The summed E-state index contributed by atoms with van der Waals surface area (Å²) in [6.07, 6.45) is 0. The van der Waals surface area contributed by atoms with E-state index in [4.69, 9.17) is 9.84 Å². The molecule has 0 spiro atoms. The second-order valence-corrected chi connectivity index (χ2v) is 4.12. The first-order valence-electron chi connectivity index (χ1n) is 7.42. The summed E-state index contributed by atoms with van der Waals surface area (Å²) in [6, 6.07) is -0.510. The molecule has 0 aliphatic heterocycles. The van der Waals surface area contributed by atoms with Gasteiger partial charge in [-0.2, -0.15) is 0 Å². The molecule has 21 heavy (non-hydrogen) atoms. The van der Waals surface area contributed by atoms with Crippen molar-refractivity contribution in [1.29, 1.82) is 0 Å². The van der Waals surface area contributed by atoms with Gasteiger partial charge in [-0.1, -0.05) is 13.8 Å². The number of amides is 2. The van der Waals surface area contributed by atoms with Crippen molar-refractivity contribution in [3.63, 3.8) is 0 Å². The number of likely N-dealkylation sites (N-methyl/N-ethyl adjacent to an activating group) is 1. The first kappa shape index (κ1) is 22.1. The zero-order valence-electron chi connectivity index (χ0n) is 13.9. The van der Waals surface area contributed by atoms with E-state index in [0.717, 1.165) is 0 Å². The van der Waals surface area contributed by atoms with E-state index in [2.05, 4.69) is 10.6 Å². The Kier molecular flexibility index (Phi) is 16.0. The van der Waals surface area contributed by atoms with Crippen molar-refractivity contribution in [3.05, 3.63) is 0 Å². The van der Waals surface area contributed by atoms with Crippen LogP contribution in [0.2, 0.25) is 0 Å². The third-order valence-electron chi connectivity index (χ3n) is 2.64. The van der Waals surface area contributed by atoms with Crippen LogP contribution in [0.1, 0.15) is 27.7 Å². The van der Waals surface area contributed by atoms with Gasteiger partial charge >= 0.3 is 0 Å². The first-order chi connectivity index (χ1) is 10.0. The molecule has 0 aromatic rings. The first-order valence-corrected chi connectivity index (χ1v) is 7.42. The fourth-order valence-electron chi connectivity index (χ4n) is 1.56. The van der Waals surface area contributed by atoms with E-state index in [9.17, 15) is 9.59 Å². The van der Waals surface area contributed by atoms with Gasteiger partial charge in [0.05, 0.1) is 19.8 Å². The van der Waals surface area contributed by atoms with Gasteiger partial charge < -0.3 is 25.4 Å². The van der Waals surface area contributed by atoms with Crippen molar-refractivity contribution in [2.75, 3.05) is 46.5 Å². The van der Waals surface area contributed by atoms with Crippen LogP contribution in [0.5, 0.6) is 0 Å². The van der Waals surface area contributed by atoms with E-state index >= 15 is 0 Å². The fraction of sp³-hybridized carbons (Fsp3) is 0.857. The van der Waals surface area contributed by atoms with Crippen LogP contribution >= 0.6 is 0 Å². The van der Waals surface area contributed by atoms with E-state index in [0.29, 0.717) is 26.2 Å². The van der Waals surface area contributed by atoms with Gasteiger partial charge in [0.2, 0.25) is 11.8 Å². The molecule has 0 rings (SSSR count). The summed E-state index contributed by atoms with van der Waals surface area (Å²) >= 11 is 0. The Labute approximate surface area is 128 Å². The Morgan fingerprint density at radius 1 is 1.24 bits per heavy atom. The lowest BCUT2D eigenvalue weighted by molar-refractivity contribution is -0.138. The number of hydrogen-bond acceptors (Lipinski definition) is 5. The predicted molar refractivity (Wildman–Crippen MR) is 83.0 cm³/mol. The van der Waals surface area contributed by atoms with E-state index < -0.39 is 6.04 Å². The molecule has 0 aromatic carbocycles. The van der Waals surface area contributed by atoms with Crippen LogP contribution in [0.15, 0.2) is 0 Å². The van der Waals surface area contributed by atoms with Gasteiger partial charge in [-0.3, -0.25) is 9.59 Å². The van der Waals surface area contributed by atoms with Crippen molar-refractivity contribution in [2.24, 2.45) is 0 Å². The highest BCUT2D eigenvalue weighted by Gasteiger charge is 2.22. The van der Waals surface area contributed by atoms with Crippen LogP contribution in [0.25, 0.3) is 0 Å². The van der Waals surface area contributed by atoms with Crippen molar-refractivity contribution in [1.82, 2.24) is 15.5 Å². The highest BCUT2D eigenvalue weighted by atomic mass is 16.5. The lowest BCUT2D eigenvalue weighted by Gasteiger charge is -2.27. The molecule has 7 nitrogen and oxygen atoms in total. The number of ether oxygens (including phenoxy) is 1. The summed E-state index contributed by atoms with van der Waals surface area (Å²) in [5.41, 5.74) is 0. The lowest BCUT2D eigenvalue weighted by Crippen LogP contribution is -2.49. The number of aliphatic hydroxyl groups excluding tert-OH is 1. The minimum absolute atomic E-state index is 0.0352. The molecule has 2 amide bonds. The maximum atomic E-state index is 11.9. The molecule has 0 aliphatic rings. The number of hydrogen-bond donors (Lipinski definition) is 3. The number of aliphatic hydroxyl groups is 1. The molecule has 126 valence electrons. The molecule has 0 saturated carbocycles. The van der Waals surface area contributed by atoms with Gasteiger partial charge in [0.25, 0.3) is 0 Å². The summed E-state index contributed by atoms with van der Waals surface area (Å²) < 4.78 is 5.03. The molecule has 0 saturated heterocycles. The summed E-state index contributed by atoms with van der Waals surface area (Å²) in [5, 5.41) is 14.2. The third kappa shape index (κ3) is 11.2. The summed E-state index contributed by atoms with van der Waals surface area (Å²) in [7, 11) is 1.79. The van der Waals surface area contributed by atoms with E-state index in [1.807, 2.05) is 13.8 Å². The van der Waals surface area contributed by atoms with Crippen LogP contribution in [-0.4, -0.2) is 74.4 Å². The minimum atomic E-state index is -0.510. The van der Waals surface area contributed by atoms with Gasteiger partial charge in [0.1, 0.15) is 6.04 Å². The molecule has 0 heterocycles. The Morgan fingerprint density at radius 2 is 1.86 bits per heavy atom. The van der Waals surface area contributed by atoms with E-state index in [1.165, 1.54) is 11.8 Å². The molecule has 0 radical (unpaired) electrons. The van der Waals surface area contributed by atoms with Gasteiger partial charge in [0, 0.05) is 26.6 Å². The average molecular weight is 305 g/mol. The SMILES string of the molecule is CC.CNCCN(C(C)=O)C(C)C(=O)NCCOCCO. The third-order valence-corrected chi connectivity index (χ3v) is 2.64. The van der Waals surface area contributed by atoms with Gasteiger partial charge in [0.15, 0.2) is 0 Å². The summed E-state index contributed by atoms with van der Waals surface area (Å²) in [5.74, 6) is -0.340. The Morgan fingerprint density at radius 3 is 2.33 bits per heavy atom. The second-order valence-electron chi connectivity index (χ2n) is 4.12. The fourth-order valence-corrected chi connectivity index (χ4v) is 1.56. The molecule has 0 aromatic heterocycles. The molecule has 0 aliphatic carbocycles. The number of nitrogens with one attached hydrogen (secondary N) is 2. The van der Waals surface area contributed by atoms with Gasteiger partial charge in [-0.05, 0) is 14.0 Å². The Bertz CT molecular complexity index is 275. The maximum Gasteiger partial charge on any atom is 0.242 e. The largest absolute Gasteiger partial charge is 0.394 e. The van der Waals surface area contributed by atoms with Crippen molar-refractivity contribution in [3.8, 4) is 0 Å². The number of rotatable bonds is 10. The molecule has 0 fully saturated rings. The molecule has 1 atom stereocenters. The van der Waals surface area contributed by atoms with Crippen LogP contribution in [0.3, 0.4) is 0 Å². The van der Waals surface area contributed by atoms with Crippen molar-refractivity contribution >= 4 is 11.8 Å². The topological polar surface area (TPSA) is 90.9 Å². The van der Waals surface area contributed by atoms with Gasteiger partial charge in [-0.25, -0.2) is 0 Å². The van der Waals surface area contributed by atoms with Crippen molar-refractivity contribution in [2.45, 2.75) is 33.7 Å². The monoisotopic (exact) mass is 305 g/mol. The van der Waals surface area contributed by atoms with Crippen LogP contribution in [-0.2, 0) is 14.3 Å². The number of carbonyl (C=O) groups excluding carboxylic acids is 2. The maximum absolute atomic E-state index is 11.9. The quantitative estimate of drug-likeness (QED) is 0.478. The van der Waals surface area contributed by atoms with Gasteiger partial charge in [-0.15, -0.1) is 0 Å². The smallest absolute Gasteiger partial charge is 0.242 e. The number of carbonyl (C=O) groups is 2. The average Bonchev–Trinajstić information content (AvgIpc) is 2.48. The summed E-state index contributed by atoms with van der Waals surface area (Å²) in [6.45, 7) is 9.19. The molecular formula is C14H31N3O4. The molecule has 1 unspecified atom stereocenters. The van der Waals surface area contributed by atoms with Crippen LogP contribution < -0.4 is 10.6 Å². The standard InChI is InChI=1S/C12H25N3O4.C2H6/c1-10(15(11(2)17)6-4-13-3)12(18)14-5-8-19-9-7-16;1-2/h10,13,16H,4-9H2,1-3H3,(H,14,18);1-2H3. The zero-order valence-corrected chi connectivity index (χ0v) is 13.9. The highest BCUT2D eigenvalue weighted by Crippen LogP contribution is 1.99. The molecular weight excluding hydrogens is 274 g/mol. The van der Waals surface area contributed by atoms with Crippen LogP contribution in [0, 0.1) is 0 Å². The zero-order chi connectivity index (χ0) is 16.7. The normalized spacial score (nSPS) is 11.1. The highest BCUT2D eigenvalue weighted by molar-refractivity contribution is 5.86. The van der Waals surface area contributed by atoms with E-state index in [-0.39, 0.29) is 25.0 Å². The Hall–Kier alpha value is -1.18. The lowest BCUT2D eigenvalue weighted by atomic mass is 10.2. The second kappa shape index (κ2) is 15.2. The van der Waals surface area contributed by atoms with Crippen molar-refractivity contribution < 1.29 is 19.4 Å². The Balaban J connectivity index is 0. The molecule has 7 heteroatoms.